The van der Waals surface area contributed by atoms with Crippen molar-refractivity contribution in [1.82, 2.24) is 9.72 Å². The smallest absolute Gasteiger partial charge is 0.0620 e. The van der Waals surface area contributed by atoms with Gasteiger partial charge in [0.05, 0.1) is 16.6 Å². The first kappa shape index (κ1) is 24.5. The second-order valence-corrected chi connectivity index (χ2v) is 11.0. The van der Waals surface area contributed by atoms with Crippen molar-refractivity contribution in [2.75, 3.05) is 0 Å². The maximum atomic E-state index is 3.82. The molecule has 0 aliphatic rings. The maximum absolute atomic E-state index is 3.82. The number of benzene rings is 6. The van der Waals surface area contributed by atoms with E-state index in [2.05, 4.69) is 161 Å². The van der Waals surface area contributed by atoms with Crippen LogP contribution in [-0.2, 0) is 13.0 Å². The molecule has 2 aromatic heterocycles. The molecule has 1 N–H and O–H groups in total. The molecular formula is C40H30N2. The van der Waals surface area contributed by atoms with Crippen LogP contribution < -0.4 is 5.32 Å². The molecule has 0 amide bonds. The Labute approximate surface area is 245 Å². The van der Waals surface area contributed by atoms with E-state index in [0.29, 0.717) is 0 Å². The normalized spacial score (nSPS) is 12.1. The average molecular weight is 539 g/mol. The molecule has 0 atom stereocenters. The molecule has 0 saturated heterocycles. The number of allylic oxidation sites excluding steroid dienone is 1. The minimum absolute atomic E-state index is 0.738. The molecule has 0 fully saturated rings. The number of hydrogen-bond acceptors (Lipinski definition) is 1. The number of aromatic nitrogens is 1. The van der Waals surface area contributed by atoms with Crippen LogP contribution in [-0.4, -0.2) is 4.40 Å². The lowest BCUT2D eigenvalue weighted by molar-refractivity contribution is 0.887. The lowest BCUT2D eigenvalue weighted by Gasteiger charge is -2.14. The summed E-state index contributed by atoms with van der Waals surface area (Å²) in [6.07, 6.45) is 3.19. The summed E-state index contributed by atoms with van der Waals surface area (Å²) in [5, 5.41) is 9.08. The summed E-state index contributed by atoms with van der Waals surface area (Å²) >= 11 is 0. The fourth-order valence-electron chi connectivity index (χ4n) is 6.41. The molecular weight excluding hydrogens is 508 g/mol. The number of rotatable bonds is 7. The number of nitrogens with zero attached hydrogens (tertiary/aromatic N) is 1. The van der Waals surface area contributed by atoms with Gasteiger partial charge < -0.3 is 9.72 Å². The van der Waals surface area contributed by atoms with Crippen molar-refractivity contribution in [3.63, 3.8) is 0 Å². The molecule has 0 aliphatic heterocycles. The van der Waals surface area contributed by atoms with Crippen LogP contribution in [0.5, 0.6) is 0 Å². The van der Waals surface area contributed by atoms with E-state index in [1.807, 2.05) is 0 Å². The van der Waals surface area contributed by atoms with Crippen LogP contribution in [0.2, 0.25) is 0 Å². The Hall–Kier alpha value is -5.34. The molecule has 42 heavy (non-hydrogen) atoms. The van der Waals surface area contributed by atoms with Crippen LogP contribution in [0.25, 0.3) is 54.9 Å². The standard InChI is InChI=1S/C40H30N2/c1-3-11-28(12-4-1)22-24-37(32-16-9-15-31(26-32)30-13-5-2-6-14-30)41-27-29-21-23-34-36-19-10-18-35-33-17-7-8-20-38(33)42(40(35)36)39(34)25-29/h1-21,23-26,41H,22,27H2/b37-24-. The van der Waals surface area contributed by atoms with Gasteiger partial charge in [-0.15, -0.1) is 0 Å². The third-order valence-corrected chi connectivity index (χ3v) is 8.44. The van der Waals surface area contributed by atoms with Crippen molar-refractivity contribution in [3.8, 4) is 11.1 Å². The topological polar surface area (TPSA) is 16.4 Å². The Balaban J connectivity index is 1.18. The summed E-state index contributed by atoms with van der Waals surface area (Å²) < 4.78 is 2.45. The molecule has 2 nitrogen and oxygen atoms in total. The highest BCUT2D eigenvalue weighted by atomic mass is 14.9. The first-order valence-corrected chi connectivity index (χ1v) is 14.6. The van der Waals surface area contributed by atoms with Gasteiger partial charge in [0.15, 0.2) is 0 Å². The fraction of sp³-hybridized carbons (Fsp3) is 0.0500. The van der Waals surface area contributed by atoms with E-state index in [0.717, 1.165) is 18.7 Å². The van der Waals surface area contributed by atoms with E-state index in [-0.39, 0.29) is 0 Å². The second-order valence-electron chi connectivity index (χ2n) is 11.0. The van der Waals surface area contributed by atoms with Crippen LogP contribution in [0, 0.1) is 0 Å². The molecule has 0 bridgehead atoms. The zero-order chi connectivity index (χ0) is 27.9. The van der Waals surface area contributed by atoms with Gasteiger partial charge in [0.25, 0.3) is 0 Å². The lowest BCUT2D eigenvalue weighted by Crippen LogP contribution is -2.12. The predicted octanol–water partition coefficient (Wildman–Crippen LogP) is 9.88. The highest BCUT2D eigenvalue weighted by molar-refractivity contribution is 6.23. The highest BCUT2D eigenvalue weighted by Crippen LogP contribution is 2.39. The third kappa shape index (κ3) is 4.20. The summed E-state index contributed by atoms with van der Waals surface area (Å²) in [6.45, 7) is 0.738. The molecule has 0 aliphatic carbocycles. The molecule has 0 spiro atoms. The van der Waals surface area contributed by atoms with Gasteiger partial charge in [0, 0.05) is 33.8 Å². The Kier molecular flexibility index (Phi) is 5.97. The monoisotopic (exact) mass is 538 g/mol. The molecule has 2 heterocycles. The van der Waals surface area contributed by atoms with E-state index < -0.39 is 0 Å². The Bertz CT molecular complexity index is 2200. The van der Waals surface area contributed by atoms with Crippen molar-refractivity contribution in [2.24, 2.45) is 0 Å². The van der Waals surface area contributed by atoms with Gasteiger partial charge in [-0.3, -0.25) is 0 Å². The quantitative estimate of drug-likeness (QED) is 0.214. The van der Waals surface area contributed by atoms with Crippen LogP contribution in [0.3, 0.4) is 0 Å². The number of nitrogens with one attached hydrogen (secondary N) is 1. The van der Waals surface area contributed by atoms with Gasteiger partial charge in [-0.25, -0.2) is 0 Å². The molecule has 2 heteroatoms. The summed E-state index contributed by atoms with van der Waals surface area (Å²) in [6, 6.07) is 52.5. The van der Waals surface area contributed by atoms with Crippen LogP contribution in [0.1, 0.15) is 16.7 Å². The molecule has 6 aromatic carbocycles. The van der Waals surface area contributed by atoms with Gasteiger partial charge in [0.2, 0.25) is 0 Å². The molecule has 200 valence electrons. The van der Waals surface area contributed by atoms with E-state index in [9.17, 15) is 0 Å². The Morgan fingerprint density at radius 3 is 2.02 bits per heavy atom. The molecule has 0 radical (unpaired) electrons. The summed E-state index contributed by atoms with van der Waals surface area (Å²) in [4.78, 5) is 0. The molecule has 8 rings (SSSR count). The SMILES string of the molecule is C(/Cc1ccccc1)=C(/NCc1ccc2c3cccc4c5ccccc5n(c2c1)c43)c1cccc(-c2ccccc2)c1. The van der Waals surface area contributed by atoms with E-state index in [1.54, 1.807) is 0 Å². The minimum Gasteiger partial charge on any atom is -0.381 e. The predicted molar refractivity (Wildman–Crippen MR) is 178 cm³/mol. The molecule has 0 unspecified atom stereocenters. The fourth-order valence-corrected chi connectivity index (χ4v) is 6.41. The summed E-state index contributed by atoms with van der Waals surface area (Å²) in [5.74, 6) is 0. The number of fused-ring (bicyclic) bond motifs is 6. The Morgan fingerprint density at radius 1 is 0.524 bits per heavy atom. The van der Waals surface area contributed by atoms with Crippen LogP contribution >= 0.6 is 0 Å². The van der Waals surface area contributed by atoms with Crippen molar-refractivity contribution in [2.45, 2.75) is 13.0 Å². The van der Waals surface area contributed by atoms with Crippen LogP contribution in [0.4, 0.5) is 0 Å². The van der Waals surface area contributed by atoms with Crippen molar-refractivity contribution < 1.29 is 0 Å². The van der Waals surface area contributed by atoms with E-state index >= 15 is 0 Å². The van der Waals surface area contributed by atoms with Gasteiger partial charge in [-0.2, -0.15) is 0 Å². The summed E-state index contributed by atoms with van der Waals surface area (Å²) in [5.41, 5.74) is 11.2. The van der Waals surface area contributed by atoms with Crippen LogP contribution in [0.15, 0.2) is 152 Å². The Morgan fingerprint density at radius 2 is 1.19 bits per heavy atom. The number of para-hydroxylation sites is 2. The van der Waals surface area contributed by atoms with E-state index in [4.69, 9.17) is 0 Å². The number of hydrogen-bond donors (Lipinski definition) is 1. The van der Waals surface area contributed by atoms with E-state index in [1.165, 1.54) is 65.9 Å². The first-order chi connectivity index (χ1) is 20.8. The highest BCUT2D eigenvalue weighted by Gasteiger charge is 2.17. The third-order valence-electron chi connectivity index (χ3n) is 8.44. The van der Waals surface area contributed by atoms with Crippen molar-refractivity contribution in [1.29, 1.82) is 0 Å². The van der Waals surface area contributed by atoms with Crippen molar-refractivity contribution >= 4 is 43.8 Å². The minimum atomic E-state index is 0.738. The van der Waals surface area contributed by atoms with Crippen molar-refractivity contribution in [3.05, 3.63) is 168 Å². The van der Waals surface area contributed by atoms with Gasteiger partial charge in [-0.1, -0.05) is 133 Å². The first-order valence-electron chi connectivity index (χ1n) is 14.6. The summed E-state index contributed by atoms with van der Waals surface area (Å²) in [7, 11) is 0. The van der Waals surface area contributed by atoms with Gasteiger partial charge in [0.1, 0.15) is 0 Å². The zero-order valence-electron chi connectivity index (χ0n) is 23.3. The largest absolute Gasteiger partial charge is 0.381 e. The molecule has 8 aromatic rings. The van der Waals surface area contributed by atoms with Gasteiger partial charge >= 0.3 is 0 Å². The van der Waals surface area contributed by atoms with Gasteiger partial charge in [-0.05, 0) is 52.4 Å². The lowest BCUT2D eigenvalue weighted by atomic mass is 10.0. The zero-order valence-corrected chi connectivity index (χ0v) is 23.3. The molecule has 0 saturated carbocycles. The second kappa shape index (κ2) is 10.2. The maximum Gasteiger partial charge on any atom is 0.0620 e. The average Bonchev–Trinajstić information content (AvgIpc) is 3.58.